The number of ether oxygens (including phenoxy) is 1. The van der Waals surface area contributed by atoms with Crippen molar-refractivity contribution in [2.45, 2.75) is 25.3 Å². The third-order valence-corrected chi connectivity index (χ3v) is 5.30. The molecule has 0 bridgehead atoms. The first kappa shape index (κ1) is 20.7. The first-order chi connectivity index (χ1) is 15.1. The smallest absolute Gasteiger partial charge is 0.336 e. The maximum atomic E-state index is 13.0. The molecule has 2 heterocycles. The summed E-state index contributed by atoms with van der Waals surface area (Å²) in [4.78, 5) is 38.7. The van der Waals surface area contributed by atoms with Gasteiger partial charge in [0.05, 0.1) is 0 Å². The number of carbonyl (C=O) groups excluding carboxylic acids is 2. The van der Waals surface area contributed by atoms with Gasteiger partial charge in [-0.05, 0) is 36.6 Å². The van der Waals surface area contributed by atoms with E-state index in [4.69, 9.17) is 9.15 Å². The molecule has 2 aromatic carbocycles. The minimum atomic E-state index is -0.647. The van der Waals surface area contributed by atoms with Crippen LogP contribution >= 0.6 is 0 Å². The summed E-state index contributed by atoms with van der Waals surface area (Å²) in [5.41, 5.74) is 0.911. The van der Waals surface area contributed by atoms with Crippen LogP contribution < -0.4 is 15.7 Å². The Bertz CT molecular complexity index is 1120. The minimum Gasteiger partial charge on any atom is -0.484 e. The van der Waals surface area contributed by atoms with Crippen LogP contribution in [0.1, 0.15) is 18.4 Å². The second kappa shape index (κ2) is 9.47. The molecular weight excluding hydrogens is 396 g/mol. The molecule has 1 aliphatic rings. The van der Waals surface area contributed by atoms with E-state index in [-0.39, 0.29) is 18.4 Å². The number of nitrogens with one attached hydrogen (secondary N) is 1. The topological polar surface area (TPSA) is 88.9 Å². The Balaban J connectivity index is 1.41. The average Bonchev–Trinajstić information content (AvgIpc) is 3.32. The Labute approximate surface area is 179 Å². The maximum Gasteiger partial charge on any atom is 0.336 e. The molecule has 1 N–H and O–H groups in total. The van der Waals surface area contributed by atoms with Gasteiger partial charge in [0.25, 0.3) is 5.91 Å². The Morgan fingerprint density at radius 2 is 1.77 bits per heavy atom. The summed E-state index contributed by atoms with van der Waals surface area (Å²) in [6.45, 7) is 1.19. The molecule has 0 aliphatic carbocycles. The molecule has 1 atom stereocenters. The highest BCUT2D eigenvalue weighted by atomic mass is 16.5. The van der Waals surface area contributed by atoms with Gasteiger partial charge in [-0.2, -0.15) is 0 Å². The van der Waals surface area contributed by atoms with Crippen LogP contribution in [0.15, 0.2) is 69.9 Å². The third kappa shape index (κ3) is 5.31. The highest BCUT2D eigenvalue weighted by Crippen LogP contribution is 2.19. The molecule has 160 valence electrons. The van der Waals surface area contributed by atoms with Gasteiger partial charge < -0.3 is 19.4 Å². The van der Waals surface area contributed by atoms with E-state index in [2.05, 4.69) is 5.32 Å². The number of rotatable bonds is 7. The fourth-order valence-corrected chi connectivity index (χ4v) is 3.72. The van der Waals surface area contributed by atoms with Gasteiger partial charge >= 0.3 is 5.63 Å². The number of amides is 2. The summed E-state index contributed by atoms with van der Waals surface area (Å²) in [7, 11) is 0. The molecule has 7 heteroatoms. The van der Waals surface area contributed by atoms with Crippen LogP contribution in [-0.2, 0) is 16.0 Å². The molecule has 1 fully saturated rings. The van der Waals surface area contributed by atoms with Crippen molar-refractivity contribution in [2.75, 3.05) is 19.7 Å². The summed E-state index contributed by atoms with van der Waals surface area (Å²) in [5, 5.41) is 3.59. The number of nitrogens with zero attached hydrogens (tertiary/aromatic N) is 1. The zero-order valence-corrected chi connectivity index (χ0v) is 17.1. The highest BCUT2D eigenvalue weighted by Gasteiger charge is 2.28. The largest absolute Gasteiger partial charge is 0.484 e. The van der Waals surface area contributed by atoms with Crippen LogP contribution in [-0.4, -0.2) is 42.5 Å². The van der Waals surface area contributed by atoms with Gasteiger partial charge in [-0.3, -0.25) is 9.59 Å². The zero-order valence-electron chi connectivity index (χ0n) is 17.1. The van der Waals surface area contributed by atoms with Gasteiger partial charge in [0, 0.05) is 37.0 Å². The molecule has 1 unspecified atom stereocenters. The van der Waals surface area contributed by atoms with Crippen LogP contribution in [0.4, 0.5) is 0 Å². The van der Waals surface area contributed by atoms with E-state index < -0.39 is 11.7 Å². The van der Waals surface area contributed by atoms with Gasteiger partial charge in [-0.1, -0.05) is 30.3 Å². The monoisotopic (exact) mass is 420 g/mol. The lowest BCUT2D eigenvalue weighted by atomic mass is 10.0. The lowest BCUT2D eigenvalue weighted by Gasteiger charge is -2.24. The van der Waals surface area contributed by atoms with Crippen LogP contribution in [0.5, 0.6) is 5.75 Å². The molecule has 31 heavy (non-hydrogen) atoms. The van der Waals surface area contributed by atoms with E-state index in [1.54, 1.807) is 29.2 Å². The Morgan fingerprint density at radius 1 is 1.03 bits per heavy atom. The fourth-order valence-electron chi connectivity index (χ4n) is 3.72. The average molecular weight is 420 g/mol. The lowest BCUT2D eigenvalue weighted by molar-refractivity contribution is -0.136. The Kier molecular flexibility index (Phi) is 6.31. The third-order valence-electron chi connectivity index (χ3n) is 5.30. The number of carbonyl (C=O) groups is 2. The van der Waals surface area contributed by atoms with Gasteiger partial charge in [-0.15, -0.1) is 0 Å². The normalized spacial score (nSPS) is 14.4. The molecule has 1 aliphatic heterocycles. The summed E-state index contributed by atoms with van der Waals surface area (Å²) >= 11 is 0. The van der Waals surface area contributed by atoms with Crippen LogP contribution in [0.3, 0.4) is 0 Å². The molecule has 2 amide bonds. The van der Waals surface area contributed by atoms with Gasteiger partial charge in [0.2, 0.25) is 5.91 Å². The first-order valence-corrected chi connectivity index (χ1v) is 10.4. The van der Waals surface area contributed by atoms with Crippen LogP contribution in [0.2, 0.25) is 0 Å². The van der Waals surface area contributed by atoms with Crippen molar-refractivity contribution in [1.29, 1.82) is 0 Å². The number of fused-ring (bicyclic) bond motifs is 1. The van der Waals surface area contributed by atoms with Gasteiger partial charge in [0.15, 0.2) is 6.61 Å². The van der Waals surface area contributed by atoms with E-state index in [1.807, 2.05) is 30.3 Å². The predicted molar refractivity (Wildman–Crippen MR) is 116 cm³/mol. The Hall–Kier alpha value is -3.61. The van der Waals surface area contributed by atoms with Gasteiger partial charge in [0.1, 0.15) is 17.4 Å². The number of hydrogen-bond acceptors (Lipinski definition) is 5. The summed E-state index contributed by atoms with van der Waals surface area (Å²) in [6, 6.07) is 17.0. The van der Waals surface area contributed by atoms with E-state index in [9.17, 15) is 14.4 Å². The van der Waals surface area contributed by atoms with Crippen molar-refractivity contribution in [2.24, 2.45) is 0 Å². The quantitative estimate of drug-likeness (QED) is 0.594. The number of likely N-dealkylation sites (tertiary alicyclic amines) is 1. The summed E-state index contributed by atoms with van der Waals surface area (Å²) in [5.74, 6) is -0.0484. The maximum absolute atomic E-state index is 13.0. The molecular formula is C24H24N2O5. The second-order valence-electron chi connectivity index (χ2n) is 7.58. The zero-order chi connectivity index (χ0) is 21.6. The summed E-state index contributed by atoms with van der Waals surface area (Å²) in [6.07, 6.45) is 2.39. The highest BCUT2D eigenvalue weighted by molar-refractivity contribution is 5.88. The van der Waals surface area contributed by atoms with E-state index in [1.165, 1.54) is 6.07 Å². The van der Waals surface area contributed by atoms with E-state index in [0.29, 0.717) is 17.8 Å². The van der Waals surface area contributed by atoms with Crippen molar-refractivity contribution in [3.63, 3.8) is 0 Å². The second-order valence-corrected chi connectivity index (χ2v) is 7.58. The molecule has 0 saturated carbocycles. The van der Waals surface area contributed by atoms with Gasteiger partial charge in [-0.25, -0.2) is 4.79 Å². The number of benzene rings is 2. The molecule has 1 saturated heterocycles. The summed E-state index contributed by atoms with van der Waals surface area (Å²) < 4.78 is 10.7. The van der Waals surface area contributed by atoms with Crippen LogP contribution in [0, 0.1) is 0 Å². The molecule has 3 aromatic rings. The number of hydrogen-bond donors (Lipinski definition) is 1. The molecule has 7 nitrogen and oxygen atoms in total. The molecule has 0 spiro atoms. The minimum absolute atomic E-state index is 0.0674. The standard InChI is InChI=1S/C24H24N2O5/c27-22(16-30-19-10-8-18-9-11-23(28)31-21(18)15-19)25-20(14-17-6-2-1-3-7-17)24(29)26-12-4-5-13-26/h1-3,6-11,15,20H,4-5,12-14,16H2,(H,25,27). The predicted octanol–water partition coefficient (Wildman–Crippen LogP) is 2.52. The van der Waals surface area contributed by atoms with Crippen molar-refractivity contribution in [3.8, 4) is 5.75 Å². The molecule has 4 rings (SSSR count). The van der Waals surface area contributed by atoms with Crippen molar-refractivity contribution in [3.05, 3.63) is 76.6 Å². The first-order valence-electron chi connectivity index (χ1n) is 10.4. The van der Waals surface area contributed by atoms with E-state index >= 15 is 0 Å². The molecule has 0 radical (unpaired) electrons. The SMILES string of the molecule is O=C(COc1ccc2ccc(=O)oc2c1)NC(Cc1ccccc1)C(=O)N1CCCC1. The fraction of sp³-hybridized carbons (Fsp3) is 0.292. The van der Waals surface area contributed by atoms with Crippen molar-refractivity contribution >= 4 is 22.8 Å². The molecule has 1 aromatic heterocycles. The Morgan fingerprint density at radius 3 is 2.55 bits per heavy atom. The van der Waals surface area contributed by atoms with Crippen molar-refractivity contribution < 1.29 is 18.7 Å². The lowest BCUT2D eigenvalue weighted by Crippen LogP contribution is -2.50. The van der Waals surface area contributed by atoms with Crippen molar-refractivity contribution in [1.82, 2.24) is 10.2 Å². The van der Waals surface area contributed by atoms with E-state index in [0.717, 1.165) is 36.9 Å². The van der Waals surface area contributed by atoms with Crippen LogP contribution in [0.25, 0.3) is 11.0 Å².